The summed E-state index contributed by atoms with van der Waals surface area (Å²) in [5, 5.41) is 0. The molecule has 0 saturated carbocycles. The van der Waals surface area contributed by atoms with Crippen LogP contribution in [0.25, 0.3) is 0 Å². The van der Waals surface area contributed by atoms with Crippen molar-refractivity contribution in [2.24, 2.45) is 7.05 Å². The number of hydrogen-bond acceptors (Lipinski definition) is 2. The molecule has 0 spiro atoms. The predicted octanol–water partition coefficient (Wildman–Crippen LogP) is 1.26. The highest BCUT2D eigenvalue weighted by Crippen LogP contribution is 2.43. The molecule has 1 N–H and O–H groups in total. The van der Waals surface area contributed by atoms with E-state index in [-0.39, 0.29) is 0 Å². The normalized spacial score (nSPS) is 10.5. The molecule has 0 amide bonds. The smallest absolute Gasteiger partial charge is 0.229 e. The molecule has 3 nitrogen and oxygen atoms in total. The number of nitrogens with zero attached hydrogens (tertiary/aromatic N) is 2. The Morgan fingerprint density at radius 3 is 2.08 bits per heavy atom. The molecule has 0 unspecified atom stereocenters. The van der Waals surface area contributed by atoms with Crippen molar-refractivity contribution in [3.05, 3.63) is 12.5 Å². The summed E-state index contributed by atoms with van der Waals surface area (Å²) in [5.74, 6) is 0. The summed E-state index contributed by atoms with van der Waals surface area (Å²) in [6, 6.07) is 0. The Labute approximate surface area is 74.9 Å². The van der Waals surface area contributed by atoms with Crippen molar-refractivity contribution < 1.29 is 4.89 Å². The first-order valence-corrected chi connectivity index (χ1v) is 6.69. The molecule has 0 aliphatic rings. The van der Waals surface area contributed by atoms with Crippen molar-refractivity contribution in [2.45, 2.75) is 13.8 Å². The first kappa shape index (κ1) is 11.6. The molecule has 1 aromatic rings. The molecular weight excluding hydrogens is 171 g/mol. The highest BCUT2D eigenvalue weighted by Gasteiger charge is 2.27. The molecule has 0 aromatic carbocycles. The van der Waals surface area contributed by atoms with Gasteiger partial charge < -0.3 is 4.57 Å². The van der Waals surface area contributed by atoms with Crippen molar-refractivity contribution >= 4 is 12.9 Å². The first-order valence-electron chi connectivity index (χ1n) is 4.05. The van der Waals surface area contributed by atoms with Gasteiger partial charge in [-0.15, -0.1) is 0 Å². The van der Waals surface area contributed by atoms with Crippen LogP contribution in [0.4, 0.5) is 0 Å². The minimum atomic E-state index is -1.88. The summed E-state index contributed by atoms with van der Waals surface area (Å²) < 4.78 is 1.84. The summed E-state index contributed by atoms with van der Waals surface area (Å²) in [6.45, 7) is 7.66. The lowest BCUT2D eigenvalue weighted by Crippen LogP contribution is -2.08. The predicted molar refractivity (Wildman–Crippen MR) is 55.2 cm³/mol. The molecule has 0 aliphatic heterocycles. The van der Waals surface area contributed by atoms with Gasteiger partial charge in [-0.05, 0) is 0 Å². The van der Waals surface area contributed by atoms with Crippen molar-refractivity contribution in [3.8, 4) is 0 Å². The molecule has 0 radical (unpaired) electrons. The second-order valence-corrected chi connectivity index (χ2v) is 6.04. The van der Waals surface area contributed by atoms with Crippen LogP contribution in [0.3, 0.4) is 0 Å². The fourth-order valence-electron chi connectivity index (χ4n) is 0.682. The van der Waals surface area contributed by atoms with Crippen LogP contribution in [0.2, 0.25) is 0 Å². The summed E-state index contributed by atoms with van der Waals surface area (Å²) in [7, 11) is 0.0158. The molecule has 0 fully saturated rings. The molecule has 1 heterocycles. The molecule has 0 aliphatic carbocycles. The topological polar surface area (TPSA) is 38.0 Å². The third-order valence-corrected chi connectivity index (χ3v) is 2.60. The van der Waals surface area contributed by atoms with Crippen LogP contribution in [0, 0.1) is 0 Å². The number of aromatic nitrogens is 2. The second kappa shape index (κ2) is 4.58. The van der Waals surface area contributed by atoms with Gasteiger partial charge in [-0.3, -0.25) is 0 Å². The maximum atomic E-state index is 9.54. The van der Waals surface area contributed by atoms with E-state index in [1.807, 2.05) is 45.0 Å². The molecule has 1 rings (SSSR count). The summed E-state index contributed by atoms with van der Waals surface area (Å²) in [6.07, 6.45) is 3.56. The Bertz CT molecular complexity index is 227. The molecule has 70 valence electrons. The fraction of sp³-hybridized carbons (Fsp3) is 0.625. The van der Waals surface area contributed by atoms with Crippen molar-refractivity contribution in [2.75, 3.05) is 13.3 Å². The van der Waals surface area contributed by atoms with Gasteiger partial charge in [-0.2, -0.15) is 0 Å². The van der Waals surface area contributed by atoms with E-state index < -0.39 is 7.49 Å². The Balaban J connectivity index is 0.000000561. The van der Waals surface area contributed by atoms with Crippen LogP contribution in [0.5, 0.6) is 0 Å². The maximum absolute atomic E-state index is 9.54. The van der Waals surface area contributed by atoms with E-state index in [1.165, 1.54) is 0 Å². The number of aryl methyl sites for hydroxylation is 1. The molecule has 0 saturated heterocycles. The Kier molecular flexibility index (Phi) is 4.43. The zero-order valence-electron chi connectivity index (χ0n) is 8.44. The third kappa shape index (κ3) is 3.33. The van der Waals surface area contributed by atoms with Gasteiger partial charge in [0.25, 0.3) is 0 Å². The summed E-state index contributed by atoms with van der Waals surface area (Å²) in [5.41, 5.74) is 0.815. The minimum Gasteiger partial charge on any atom is -0.337 e. The average molecular weight is 189 g/mol. The van der Waals surface area contributed by atoms with Crippen LogP contribution in [0.15, 0.2) is 12.5 Å². The zero-order chi connectivity index (χ0) is 9.78. The van der Waals surface area contributed by atoms with Crippen molar-refractivity contribution in [3.63, 3.8) is 0 Å². The van der Waals surface area contributed by atoms with Gasteiger partial charge in [0.1, 0.15) is 0 Å². The van der Waals surface area contributed by atoms with E-state index in [0.29, 0.717) is 0 Å². The monoisotopic (exact) mass is 189 g/mol. The number of hydrogen-bond donors (Lipinski definition) is 1. The lowest BCUT2D eigenvalue weighted by Gasteiger charge is -2.02. The van der Waals surface area contributed by atoms with Gasteiger partial charge in [-0.25, -0.2) is 9.88 Å². The Hall–Kier alpha value is -0.400. The van der Waals surface area contributed by atoms with Crippen LogP contribution in [-0.2, 0) is 7.05 Å². The molecule has 1 aromatic heterocycles. The number of imidazole rings is 1. The Morgan fingerprint density at radius 1 is 1.42 bits per heavy atom. The van der Waals surface area contributed by atoms with Gasteiger partial charge in [0.2, 0.25) is 5.44 Å². The van der Waals surface area contributed by atoms with Crippen molar-refractivity contribution in [1.82, 2.24) is 9.55 Å². The maximum Gasteiger partial charge on any atom is 0.229 e. The molecular formula is C8H18N2OP+. The fourth-order valence-corrected chi connectivity index (χ4v) is 1.48. The highest BCUT2D eigenvalue weighted by atomic mass is 31.2. The van der Waals surface area contributed by atoms with Gasteiger partial charge >= 0.3 is 0 Å². The Morgan fingerprint density at radius 2 is 1.92 bits per heavy atom. The van der Waals surface area contributed by atoms with E-state index in [4.69, 9.17) is 0 Å². The minimum absolute atomic E-state index is 0.815. The van der Waals surface area contributed by atoms with Gasteiger partial charge in [-0.1, -0.05) is 13.8 Å². The highest BCUT2D eigenvalue weighted by molar-refractivity contribution is 7.76. The van der Waals surface area contributed by atoms with Crippen LogP contribution < -0.4 is 5.44 Å². The number of rotatable bonds is 1. The average Bonchev–Trinajstić information content (AvgIpc) is 2.39. The lowest BCUT2D eigenvalue weighted by atomic mass is 10.9. The standard InChI is InChI=1S/C6H12N2OP.C2H6/c1-8-4-6(7-5-8)10(2,3)9;1-2/h4-5,9H,1-3H3;1-2H3/q+1;. The largest absolute Gasteiger partial charge is 0.337 e. The van der Waals surface area contributed by atoms with E-state index in [2.05, 4.69) is 4.98 Å². The van der Waals surface area contributed by atoms with Crippen LogP contribution in [-0.4, -0.2) is 27.8 Å². The molecule has 0 atom stereocenters. The van der Waals surface area contributed by atoms with E-state index in [0.717, 1.165) is 5.44 Å². The first-order chi connectivity index (χ1) is 5.50. The zero-order valence-corrected chi connectivity index (χ0v) is 9.34. The quantitative estimate of drug-likeness (QED) is 0.675. The second-order valence-electron chi connectivity index (χ2n) is 2.79. The van der Waals surface area contributed by atoms with Crippen LogP contribution >= 0.6 is 7.49 Å². The SMILES string of the molecule is CC.Cn1cnc([P+](C)(C)O)c1. The third-order valence-electron chi connectivity index (χ3n) is 1.25. The summed E-state index contributed by atoms with van der Waals surface area (Å²) >= 11 is 0. The van der Waals surface area contributed by atoms with E-state index in [1.54, 1.807) is 6.33 Å². The van der Waals surface area contributed by atoms with E-state index >= 15 is 0 Å². The molecule has 12 heavy (non-hydrogen) atoms. The van der Waals surface area contributed by atoms with Gasteiger partial charge in [0.05, 0.1) is 25.9 Å². The van der Waals surface area contributed by atoms with Gasteiger partial charge in [0, 0.05) is 7.05 Å². The van der Waals surface area contributed by atoms with Crippen molar-refractivity contribution in [1.29, 1.82) is 0 Å². The van der Waals surface area contributed by atoms with Gasteiger partial charge in [0.15, 0.2) is 7.49 Å². The van der Waals surface area contributed by atoms with Crippen LogP contribution in [0.1, 0.15) is 13.8 Å². The lowest BCUT2D eigenvalue weighted by molar-refractivity contribution is 0.623. The molecule has 4 heteroatoms. The van der Waals surface area contributed by atoms with E-state index in [9.17, 15) is 4.89 Å². The molecule has 0 bridgehead atoms. The summed E-state index contributed by atoms with van der Waals surface area (Å²) in [4.78, 5) is 13.6.